The number of fused-ring (bicyclic) bond motifs is 1. The van der Waals surface area contributed by atoms with Gasteiger partial charge in [0, 0.05) is 31.7 Å². The zero-order valence-electron chi connectivity index (χ0n) is 14.7. The van der Waals surface area contributed by atoms with E-state index < -0.39 is 0 Å². The lowest BCUT2D eigenvalue weighted by atomic mass is 10.0. The highest BCUT2D eigenvalue weighted by Crippen LogP contribution is 2.25. The lowest BCUT2D eigenvalue weighted by molar-refractivity contribution is 0.237. The predicted octanol–water partition coefficient (Wildman–Crippen LogP) is 3.46. The highest BCUT2D eigenvalue weighted by Gasteiger charge is 2.11. The topological polar surface area (TPSA) is 44.0 Å². The van der Waals surface area contributed by atoms with Crippen molar-refractivity contribution in [3.63, 3.8) is 0 Å². The molecule has 1 aliphatic heterocycles. The Morgan fingerprint density at radius 3 is 2.60 bits per heavy atom. The van der Waals surface area contributed by atoms with Crippen molar-refractivity contribution in [3.8, 4) is 11.4 Å². The number of H-pyrrole nitrogens is 1. The predicted molar refractivity (Wildman–Crippen MR) is 104 cm³/mol. The third-order valence-electron chi connectivity index (χ3n) is 5.04. The molecule has 1 aliphatic rings. The summed E-state index contributed by atoms with van der Waals surface area (Å²) in [7, 11) is 0. The normalized spacial score (nSPS) is 15.7. The Kier molecular flexibility index (Phi) is 5.09. The Morgan fingerprint density at radius 1 is 0.920 bits per heavy atom. The first-order chi connectivity index (χ1) is 12.4. The van der Waals surface area contributed by atoms with E-state index in [4.69, 9.17) is 4.98 Å². The van der Waals surface area contributed by atoms with Gasteiger partial charge in [-0.05, 0) is 43.5 Å². The zero-order valence-corrected chi connectivity index (χ0v) is 14.7. The average Bonchev–Trinajstić information content (AvgIpc) is 3.10. The van der Waals surface area contributed by atoms with E-state index in [9.17, 15) is 0 Å². The van der Waals surface area contributed by atoms with Crippen molar-refractivity contribution < 1.29 is 0 Å². The number of aryl methyl sites for hydroxylation is 1. The molecule has 0 aliphatic carbocycles. The highest BCUT2D eigenvalue weighted by atomic mass is 15.2. The molecule has 0 amide bonds. The fraction of sp³-hybridized carbons (Fsp3) is 0.381. The van der Waals surface area contributed by atoms with Crippen LogP contribution in [0.2, 0.25) is 0 Å². The molecule has 4 nitrogen and oxygen atoms in total. The first-order valence-electron chi connectivity index (χ1n) is 9.36. The van der Waals surface area contributed by atoms with E-state index in [1.165, 1.54) is 43.6 Å². The summed E-state index contributed by atoms with van der Waals surface area (Å²) in [6.45, 7) is 5.86. The molecule has 4 rings (SSSR count). The smallest absolute Gasteiger partial charge is 0.138 e. The number of aromatic nitrogens is 2. The number of para-hydroxylation sites is 2. The van der Waals surface area contributed by atoms with E-state index in [0.717, 1.165) is 36.4 Å². The number of imidazole rings is 1. The lowest BCUT2D eigenvalue weighted by Gasteiger charge is -2.27. The molecule has 0 atom stereocenters. The summed E-state index contributed by atoms with van der Waals surface area (Å²) >= 11 is 0. The van der Waals surface area contributed by atoms with Gasteiger partial charge in [-0.2, -0.15) is 0 Å². The van der Waals surface area contributed by atoms with Gasteiger partial charge in [-0.15, -0.1) is 0 Å². The van der Waals surface area contributed by atoms with E-state index in [1.807, 2.05) is 12.1 Å². The fourth-order valence-electron chi connectivity index (χ4n) is 3.64. The van der Waals surface area contributed by atoms with Crippen LogP contribution >= 0.6 is 0 Å². The molecule has 2 N–H and O–H groups in total. The summed E-state index contributed by atoms with van der Waals surface area (Å²) in [6.07, 6.45) is 3.59. The minimum atomic E-state index is 0.985. The quantitative estimate of drug-likeness (QED) is 0.679. The standard InChI is InChI=1S/C21H26N4/c1-2-9-18(21-23-19-10-3-4-11-20(19)24-21)17(7-1)8-5-6-14-25-15-12-22-13-16-25/h1-4,7,9-11,22H,5-6,8,12-16H2,(H,23,24). The first-order valence-corrected chi connectivity index (χ1v) is 9.36. The molecule has 4 heteroatoms. The van der Waals surface area contributed by atoms with Crippen LogP contribution in [0.15, 0.2) is 48.5 Å². The Hall–Kier alpha value is -2.17. The molecule has 1 saturated heterocycles. The average molecular weight is 334 g/mol. The van der Waals surface area contributed by atoms with Gasteiger partial charge in [-0.25, -0.2) is 4.98 Å². The number of piperazine rings is 1. The van der Waals surface area contributed by atoms with E-state index in [0.29, 0.717) is 0 Å². The van der Waals surface area contributed by atoms with Crippen molar-refractivity contribution in [1.82, 2.24) is 20.2 Å². The van der Waals surface area contributed by atoms with Crippen molar-refractivity contribution in [1.29, 1.82) is 0 Å². The van der Waals surface area contributed by atoms with Crippen LogP contribution in [0.3, 0.4) is 0 Å². The van der Waals surface area contributed by atoms with Crippen LogP contribution in [-0.2, 0) is 6.42 Å². The van der Waals surface area contributed by atoms with E-state index >= 15 is 0 Å². The minimum absolute atomic E-state index is 0.985. The van der Waals surface area contributed by atoms with E-state index in [2.05, 4.69) is 51.6 Å². The molecule has 0 spiro atoms. The van der Waals surface area contributed by atoms with Crippen LogP contribution < -0.4 is 5.32 Å². The van der Waals surface area contributed by atoms with Gasteiger partial charge in [0.05, 0.1) is 11.0 Å². The second-order valence-electron chi connectivity index (χ2n) is 6.81. The number of benzene rings is 2. The van der Waals surface area contributed by atoms with Gasteiger partial charge >= 0.3 is 0 Å². The second-order valence-corrected chi connectivity index (χ2v) is 6.81. The van der Waals surface area contributed by atoms with Crippen molar-refractivity contribution >= 4 is 11.0 Å². The number of rotatable bonds is 6. The summed E-state index contributed by atoms with van der Waals surface area (Å²) in [5.74, 6) is 0.985. The van der Waals surface area contributed by atoms with Gasteiger partial charge in [0.1, 0.15) is 5.82 Å². The van der Waals surface area contributed by atoms with Crippen LogP contribution in [0, 0.1) is 0 Å². The summed E-state index contributed by atoms with van der Waals surface area (Å²) in [5.41, 5.74) is 4.76. The van der Waals surface area contributed by atoms with E-state index in [1.54, 1.807) is 0 Å². The Balaban J connectivity index is 1.42. The van der Waals surface area contributed by atoms with Gasteiger partial charge in [-0.1, -0.05) is 36.4 Å². The van der Waals surface area contributed by atoms with E-state index in [-0.39, 0.29) is 0 Å². The maximum absolute atomic E-state index is 4.77. The number of nitrogens with zero attached hydrogens (tertiary/aromatic N) is 2. The lowest BCUT2D eigenvalue weighted by Crippen LogP contribution is -2.43. The third kappa shape index (κ3) is 3.91. The summed E-state index contributed by atoms with van der Waals surface area (Å²) < 4.78 is 0. The second kappa shape index (κ2) is 7.81. The summed E-state index contributed by atoms with van der Waals surface area (Å²) in [5, 5.41) is 3.42. The fourth-order valence-corrected chi connectivity index (χ4v) is 3.64. The molecule has 0 radical (unpaired) electrons. The Bertz CT molecular complexity index is 784. The molecule has 1 fully saturated rings. The van der Waals surface area contributed by atoms with Crippen molar-refractivity contribution in [2.24, 2.45) is 0 Å². The van der Waals surface area contributed by atoms with Crippen molar-refractivity contribution in [2.75, 3.05) is 32.7 Å². The van der Waals surface area contributed by atoms with Gasteiger partial charge in [0.15, 0.2) is 0 Å². The van der Waals surface area contributed by atoms with Gasteiger partial charge < -0.3 is 15.2 Å². The molecular weight excluding hydrogens is 308 g/mol. The SMILES string of the molecule is c1ccc(-c2nc3ccccc3[nH]2)c(CCCCN2CCNCC2)c1. The van der Waals surface area contributed by atoms with Crippen LogP contribution in [0.25, 0.3) is 22.4 Å². The molecule has 3 aromatic rings. The summed E-state index contributed by atoms with van der Waals surface area (Å²) in [6, 6.07) is 16.9. The largest absolute Gasteiger partial charge is 0.338 e. The Labute approximate surface area is 149 Å². The molecule has 25 heavy (non-hydrogen) atoms. The highest BCUT2D eigenvalue weighted by molar-refractivity contribution is 5.79. The molecule has 2 aromatic carbocycles. The number of aromatic amines is 1. The number of hydrogen-bond donors (Lipinski definition) is 2. The first kappa shape index (κ1) is 16.3. The van der Waals surface area contributed by atoms with Crippen LogP contribution in [-0.4, -0.2) is 47.6 Å². The molecule has 2 heterocycles. The molecule has 1 aromatic heterocycles. The van der Waals surface area contributed by atoms with Gasteiger partial charge in [0.25, 0.3) is 0 Å². The van der Waals surface area contributed by atoms with Crippen LogP contribution in [0.1, 0.15) is 18.4 Å². The van der Waals surface area contributed by atoms with Crippen LogP contribution in [0.5, 0.6) is 0 Å². The number of hydrogen-bond acceptors (Lipinski definition) is 3. The molecule has 0 saturated carbocycles. The van der Waals surface area contributed by atoms with Crippen molar-refractivity contribution in [3.05, 3.63) is 54.1 Å². The monoisotopic (exact) mass is 334 g/mol. The number of nitrogens with one attached hydrogen (secondary N) is 2. The van der Waals surface area contributed by atoms with Gasteiger partial charge in [0.2, 0.25) is 0 Å². The minimum Gasteiger partial charge on any atom is -0.338 e. The zero-order chi connectivity index (χ0) is 16.9. The van der Waals surface area contributed by atoms with Gasteiger partial charge in [-0.3, -0.25) is 0 Å². The number of unbranched alkanes of at least 4 members (excludes halogenated alkanes) is 1. The van der Waals surface area contributed by atoms with Crippen LogP contribution in [0.4, 0.5) is 0 Å². The van der Waals surface area contributed by atoms with Crippen molar-refractivity contribution in [2.45, 2.75) is 19.3 Å². The molecule has 0 unspecified atom stereocenters. The third-order valence-corrected chi connectivity index (χ3v) is 5.04. The molecule has 0 bridgehead atoms. The Morgan fingerprint density at radius 2 is 1.72 bits per heavy atom. The maximum Gasteiger partial charge on any atom is 0.138 e. The summed E-state index contributed by atoms with van der Waals surface area (Å²) in [4.78, 5) is 10.8. The maximum atomic E-state index is 4.77. The molecular formula is C21H26N4. The molecule has 130 valence electrons.